The minimum atomic E-state index is -0.556. The second-order valence-electron chi connectivity index (χ2n) is 13.8. The first-order valence-corrected chi connectivity index (χ1v) is 20.7. The molecule has 9 heteroatoms. The molecule has 0 aliphatic carbocycles. The number of phenols is 2. The quantitative estimate of drug-likeness (QED) is 0.0957. The summed E-state index contributed by atoms with van der Waals surface area (Å²) in [5.41, 5.74) is 6.77. The Hall–Kier alpha value is -3.81. The molecule has 0 atom stereocenters. The number of hydrogen-bond donors (Lipinski definition) is 2. The number of hydrogen-bond acceptors (Lipinski definition) is 6. The molecule has 0 saturated carbocycles. The Bertz CT molecular complexity index is 1680. The van der Waals surface area contributed by atoms with Gasteiger partial charge in [-0.15, -0.1) is 0 Å². The fraction of sp³-hybridized carbons (Fsp3) is 0.286. The number of phenolic OH excluding ortho intramolecular Hbond substituents is 2. The SMILES string of the molecule is C=CCOc1cccc(N=Cc2cc(C)cc(C(C)(C)C)c2O)c1.C=CCOc1cccc(N=Cc2cc(C)cc(C(C)(C)C)c2O)c1.[Cl][Ti][Cl]. The second kappa shape index (κ2) is 20.9. The number of ether oxygens (including phenoxy) is 2. The van der Waals surface area contributed by atoms with E-state index < -0.39 is 17.0 Å². The van der Waals surface area contributed by atoms with Gasteiger partial charge >= 0.3 is 35.6 Å². The van der Waals surface area contributed by atoms with Crippen molar-refractivity contribution in [2.75, 3.05) is 13.2 Å². The molecule has 0 fully saturated rings. The fourth-order valence-electron chi connectivity index (χ4n) is 4.86. The van der Waals surface area contributed by atoms with E-state index in [9.17, 15) is 10.2 Å². The van der Waals surface area contributed by atoms with Gasteiger partial charge in [0.25, 0.3) is 0 Å². The molecule has 270 valence electrons. The zero-order chi connectivity index (χ0) is 38.2. The molecule has 0 aliphatic heterocycles. The van der Waals surface area contributed by atoms with Gasteiger partial charge < -0.3 is 19.7 Å². The molecule has 0 radical (unpaired) electrons. The van der Waals surface area contributed by atoms with Gasteiger partial charge in [0, 0.05) is 46.8 Å². The van der Waals surface area contributed by atoms with Gasteiger partial charge in [0.05, 0.1) is 11.4 Å². The van der Waals surface area contributed by atoms with Gasteiger partial charge in [-0.25, -0.2) is 0 Å². The maximum atomic E-state index is 10.6. The van der Waals surface area contributed by atoms with E-state index in [1.165, 1.54) is 0 Å². The summed E-state index contributed by atoms with van der Waals surface area (Å²) in [6.45, 7) is 24.8. The van der Waals surface area contributed by atoms with Crippen LogP contribution in [0.2, 0.25) is 0 Å². The molecule has 0 aliphatic rings. The van der Waals surface area contributed by atoms with E-state index in [1.54, 1.807) is 24.6 Å². The third-order valence-electron chi connectivity index (χ3n) is 7.26. The van der Waals surface area contributed by atoms with Crippen molar-refractivity contribution in [3.8, 4) is 23.0 Å². The Morgan fingerprint density at radius 3 is 1.31 bits per heavy atom. The molecular weight excluding hydrogens is 715 g/mol. The second-order valence-corrected chi connectivity index (χ2v) is 16.4. The Kier molecular flexibility index (Phi) is 17.8. The van der Waals surface area contributed by atoms with Gasteiger partial charge in [-0.3, -0.25) is 9.98 Å². The van der Waals surface area contributed by atoms with Crippen LogP contribution in [0.15, 0.2) is 108 Å². The normalized spacial score (nSPS) is 11.3. The molecule has 0 amide bonds. The molecule has 0 bridgehead atoms. The number of halogens is 2. The van der Waals surface area contributed by atoms with E-state index in [4.69, 9.17) is 28.1 Å². The van der Waals surface area contributed by atoms with Gasteiger partial charge in [0.15, 0.2) is 0 Å². The molecule has 0 aromatic heterocycles. The van der Waals surface area contributed by atoms with Crippen LogP contribution in [0.3, 0.4) is 0 Å². The van der Waals surface area contributed by atoms with Crippen molar-refractivity contribution in [1.29, 1.82) is 0 Å². The van der Waals surface area contributed by atoms with Crippen LogP contribution in [0.5, 0.6) is 23.0 Å². The zero-order valence-corrected chi connectivity index (χ0v) is 34.0. The third kappa shape index (κ3) is 14.8. The first kappa shape index (κ1) is 43.4. The molecule has 51 heavy (non-hydrogen) atoms. The van der Waals surface area contributed by atoms with E-state index in [0.29, 0.717) is 13.2 Å². The summed E-state index contributed by atoms with van der Waals surface area (Å²) in [6, 6.07) is 23.0. The molecule has 0 saturated heterocycles. The topological polar surface area (TPSA) is 83.6 Å². The molecule has 4 rings (SSSR count). The summed E-state index contributed by atoms with van der Waals surface area (Å²) in [4.78, 5) is 8.96. The maximum absolute atomic E-state index is 10.6. The summed E-state index contributed by atoms with van der Waals surface area (Å²) in [5, 5.41) is 21.1. The van der Waals surface area contributed by atoms with E-state index in [1.807, 2.05) is 86.6 Å². The Labute approximate surface area is 321 Å². The van der Waals surface area contributed by atoms with Crippen LogP contribution in [0.25, 0.3) is 0 Å². The number of nitrogens with zero attached hydrogens (tertiary/aromatic N) is 2. The van der Waals surface area contributed by atoms with Gasteiger partial charge in [-0.05, 0) is 72.2 Å². The van der Waals surface area contributed by atoms with Gasteiger partial charge in [0.2, 0.25) is 0 Å². The van der Waals surface area contributed by atoms with Gasteiger partial charge in [-0.1, -0.05) is 91.1 Å². The minimum absolute atomic E-state index is 0.128. The summed E-state index contributed by atoms with van der Waals surface area (Å²) < 4.78 is 11.0. The zero-order valence-electron chi connectivity index (χ0n) is 30.9. The van der Waals surface area contributed by atoms with Crippen LogP contribution in [0.4, 0.5) is 11.4 Å². The summed E-state index contributed by atoms with van der Waals surface area (Å²) >= 11 is -0.556. The number of aromatic hydroxyl groups is 2. The molecule has 6 nitrogen and oxygen atoms in total. The van der Waals surface area contributed by atoms with Crippen molar-refractivity contribution in [2.45, 2.75) is 66.2 Å². The Morgan fingerprint density at radius 1 is 0.647 bits per heavy atom. The fourth-order valence-corrected chi connectivity index (χ4v) is 4.86. The van der Waals surface area contributed by atoms with Crippen LogP contribution in [0.1, 0.15) is 74.9 Å². The van der Waals surface area contributed by atoms with Crippen LogP contribution < -0.4 is 9.47 Å². The first-order chi connectivity index (χ1) is 24.0. The number of benzene rings is 4. The van der Waals surface area contributed by atoms with E-state index in [-0.39, 0.29) is 22.3 Å². The number of aryl methyl sites for hydroxylation is 2. The summed E-state index contributed by atoms with van der Waals surface area (Å²) in [5.74, 6) is 2.06. The predicted octanol–water partition coefficient (Wildman–Crippen LogP) is 12.0. The summed E-state index contributed by atoms with van der Waals surface area (Å²) in [7, 11) is 9.78. The molecular formula is C42H50Cl2N2O4Ti. The van der Waals surface area contributed by atoms with Crippen LogP contribution in [-0.2, 0) is 27.9 Å². The van der Waals surface area contributed by atoms with Crippen molar-refractivity contribution < 1.29 is 36.7 Å². The van der Waals surface area contributed by atoms with E-state index >= 15 is 0 Å². The standard InChI is InChI=1S/2C21H25NO2.2ClH.Ti/c2*1-6-10-24-18-9-7-8-17(13-18)22-14-16-11-15(2)12-19(20(16)23)21(3,4)5;;;/h2*6-9,11-14,23H,1,10H2,2-5H3;2*1H;/q;;;;+2/p-2. The summed E-state index contributed by atoms with van der Waals surface area (Å²) in [6.07, 6.45) is 6.80. The van der Waals surface area contributed by atoms with Gasteiger partial charge in [0.1, 0.15) is 36.2 Å². The number of rotatable bonds is 10. The molecule has 4 aromatic carbocycles. The molecule has 0 heterocycles. The average molecular weight is 766 g/mol. The Morgan fingerprint density at radius 2 is 1.00 bits per heavy atom. The molecule has 0 unspecified atom stereocenters. The van der Waals surface area contributed by atoms with Crippen LogP contribution in [0, 0.1) is 13.8 Å². The van der Waals surface area contributed by atoms with E-state index in [0.717, 1.165) is 56.3 Å². The van der Waals surface area contributed by atoms with Crippen molar-refractivity contribution in [2.24, 2.45) is 9.98 Å². The molecule has 0 spiro atoms. The monoisotopic (exact) mass is 764 g/mol. The predicted molar refractivity (Wildman–Crippen MR) is 214 cm³/mol. The van der Waals surface area contributed by atoms with Crippen molar-refractivity contribution in [1.82, 2.24) is 0 Å². The first-order valence-electron chi connectivity index (χ1n) is 16.4. The third-order valence-corrected chi connectivity index (χ3v) is 7.26. The average Bonchev–Trinajstić information content (AvgIpc) is 3.07. The molecule has 2 N–H and O–H groups in total. The Balaban J connectivity index is 0.000000328. The molecule has 4 aromatic rings. The van der Waals surface area contributed by atoms with Crippen molar-refractivity contribution in [3.63, 3.8) is 0 Å². The van der Waals surface area contributed by atoms with Crippen LogP contribution in [-0.4, -0.2) is 35.9 Å². The van der Waals surface area contributed by atoms with Crippen molar-refractivity contribution >= 4 is 42.4 Å². The number of aliphatic imine (C=N–C) groups is 2. The van der Waals surface area contributed by atoms with Gasteiger partial charge in [-0.2, -0.15) is 0 Å². The van der Waals surface area contributed by atoms with Crippen molar-refractivity contribution in [3.05, 3.63) is 131 Å². The van der Waals surface area contributed by atoms with Crippen LogP contribution >= 0.6 is 18.6 Å². The van der Waals surface area contributed by atoms with E-state index in [2.05, 4.69) is 64.7 Å².